The van der Waals surface area contributed by atoms with Crippen LogP contribution < -0.4 is 0 Å². The van der Waals surface area contributed by atoms with Crippen LogP contribution in [0.25, 0.3) is 105 Å². The molecule has 0 radical (unpaired) electrons. The van der Waals surface area contributed by atoms with Crippen molar-refractivity contribution in [3.8, 4) is 50.3 Å². The van der Waals surface area contributed by atoms with Gasteiger partial charge in [0.1, 0.15) is 5.69 Å². The van der Waals surface area contributed by atoms with Gasteiger partial charge in [0.15, 0.2) is 0 Å². The summed E-state index contributed by atoms with van der Waals surface area (Å²) in [5, 5.41) is 13.4. The summed E-state index contributed by atoms with van der Waals surface area (Å²) in [4.78, 5) is 9.51. The van der Waals surface area contributed by atoms with Crippen molar-refractivity contribution >= 4 is 54.3 Å². The summed E-state index contributed by atoms with van der Waals surface area (Å²) in [6.07, 6.45) is 3.70. The van der Waals surface area contributed by atoms with Gasteiger partial charge in [-0.3, -0.25) is 9.97 Å². The van der Waals surface area contributed by atoms with E-state index >= 15 is 0 Å². The predicted octanol–water partition coefficient (Wildman–Crippen LogP) is 13.1. The van der Waals surface area contributed by atoms with E-state index in [9.17, 15) is 0 Å². The zero-order valence-electron chi connectivity index (χ0n) is 29.8. The Hall–Kier alpha value is -7.43. The molecule has 0 unspecified atom stereocenters. The standard InChI is InChI=1S/C51H32N4/c1-4-14-33(15-5-1)44-30-36-25-24-35(31-45(36)51-47(44)48(34-16-6-2-7-17-34)54-55(51)38-19-8-3-9-20-38)39-26-27-42(41-22-11-10-21-40(39)41)46-32-37-18-12-28-52-49(37)50-43(46)23-13-29-53-50/h1-32H. The molecule has 0 bridgehead atoms. The number of hydrogen-bond donors (Lipinski definition) is 0. The van der Waals surface area contributed by atoms with Gasteiger partial charge in [0.2, 0.25) is 0 Å². The quantitative estimate of drug-likeness (QED) is 0.168. The molecule has 11 aromatic rings. The van der Waals surface area contributed by atoms with Crippen LogP contribution in [-0.4, -0.2) is 19.7 Å². The second kappa shape index (κ2) is 12.6. The topological polar surface area (TPSA) is 43.6 Å². The van der Waals surface area contributed by atoms with E-state index < -0.39 is 0 Å². The first-order valence-electron chi connectivity index (χ1n) is 18.6. The van der Waals surface area contributed by atoms with Gasteiger partial charge < -0.3 is 0 Å². The van der Waals surface area contributed by atoms with E-state index in [0.717, 1.165) is 77.1 Å². The van der Waals surface area contributed by atoms with Crippen molar-refractivity contribution in [2.24, 2.45) is 0 Å². The molecule has 0 aliphatic rings. The molecule has 55 heavy (non-hydrogen) atoms. The Labute approximate surface area is 317 Å². The normalized spacial score (nSPS) is 11.6. The van der Waals surface area contributed by atoms with Crippen LogP contribution in [0.3, 0.4) is 0 Å². The molecule has 0 amide bonds. The first kappa shape index (κ1) is 31.1. The third-order valence-electron chi connectivity index (χ3n) is 10.9. The second-order valence-corrected chi connectivity index (χ2v) is 14.0. The van der Waals surface area contributed by atoms with Crippen molar-refractivity contribution in [1.29, 1.82) is 0 Å². The molecular formula is C51H32N4. The van der Waals surface area contributed by atoms with Crippen molar-refractivity contribution in [2.75, 3.05) is 0 Å². The summed E-state index contributed by atoms with van der Waals surface area (Å²) >= 11 is 0. The van der Waals surface area contributed by atoms with E-state index in [1.807, 2.05) is 24.5 Å². The molecule has 0 saturated carbocycles. The van der Waals surface area contributed by atoms with Gasteiger partial charge in [0, 0.05) is 39.5 Å². The molecule has 0 N–H and O–H groups in total. The third-order valence-corrected chi connectivity index (χ3v) is 10.9. The summed E-state index contributed by atoms with van der Waals surface area (Å²) in [6.45, 7) is 0. The number of pyridine rings is 2. The molecular weight excluding hydrogens is 669 g/mol. The SMILES string of the molecule is c1ccc(-c2cc3ccc(-c4ccc(-c5cc6cccnc6c6ncccc56)c5ccccc45)cc3c3c2c(-c2ccccc2)nn3-c2ccccc2)cc1. The van der Waals surface area contributed by atoms with Gasteiger partial charge in [-0.1, -0.05) is 140 Å². The molecule has 3 heterocycles. The fourth-order valence-electron chi connectivity index (χ4n) is 8.39. The van der Waals surface area contributed by atoms with Gasteiger partial charge in [-0.2, -0.15) is 5.10 Å². The van der Waals surface area contributed by atoms with E-state index in [1.165, 1.54) is 27.5 Å². The zero-order chi connectivity index (χ0) is 36.3. The minimum atomic E-state index is 0.919. The van der Waals surface area contributed by atoms with Crippen molar-refractivity contribution in [2.45, 2.75) is 0 Å². The first-order chi connectivity index (χ1) is 27.3. The van der Waals surface area contributed by atoms with E-state index in [-0.39, 0.29) is 0 Å². The second-order valence-electron chi connectivity index (χ2n) is 14.0. The zero-order valence-corrected chi connectivity index (χ0v) is 29.8. The van der Waals surface area contributed by atoms with Crippen LogP contribution in [0.2, 0.25) is 0 Å². The number of benzene rings is 8. The fourth-order valence-corrected chi connectivity index (χ4v) is 8.39. The molecule has 0 saturated heterocycles. The van der Waals surface area contributed by atoms with Gasteiger partial charge in [0.05, 0.1) is 22.2 Å². The van der Waals surface area contributed by atoms with E-state index in [1.54, 1.807) is 0 Å². The number of rotatable bonds is 5. The van der Waals surface area contributed by atoms with Crippen molar-refractivity contribution in [1.82, 2.24) is 19.7 Å². The number of aromatic nitrogens is 4. The molecule has 0 aliphatic carbocycles. The highest BCUT2D eigenvalue weighted by Crippen LogP contribution is 2.44. The van der Waals surface area contributed by atoms with Crippen LogP contribution in [0.4, 0.5) is 0 Å². The van der Waals surface area contributed by atoms with Crippen molar-refractivity contribution in [3.05, 3.63) is 194 Å². The molecule has 256 valence electrons. The largest absolute Gasteiger partial charge is 0.254 e. The highest BCUT2D eigenvalue weighted by atomic mass is 15.3. The molecule has 0 aliphatic heterocycles. The molecule has 11 rings (SSSR count). The van der Waals surface area contributed by atoms with Crippen LogP contribution >= 0.6 is 0 Å². The molecule has 8 aromatic carbocycles. The fraction of sp³-hybridized carbons (Fsp3) is 0. The summed E-state index contributed by atoms with van der Waals surface area (Å²) in [5.74, 6) is 0. The Kier molecular flexibility index (Phi) is 7.14. The van der Waals surface area contributed by atoms with E-state index in [2.05, 4.69) is 175 Å². The lowest BCUT2D eigenvalue weighted by molar-refractivity contribution is 0.918. The van der Waals surface area contributed by atoms with Crippen molar-refractivity contribution in [3.63, 3.8) is 0 Å². The minimum Gasteiger partial charge on any atom is -0.254 e. The average molecular weight is 701 g/mol. The number of nitrogens with zero attached hydrogens (tertiary/aromatic N) is 4. The number of para-hydroxylation sites is 1. The van der Waals surface area contributed by atoms with E-state index in [0.29, 0.717) is 0 Å². The molecule has 4 heteroatoms. The third kappa shape index (κ3) is 5.03. The van der Waals surface area contributed by atoms with Gasteiger partial charge in [-0.15, -0.1) is 0 Å². The van der Waals surface area contributed by atoms with Gasteiger partial charge in [-0.25, -0.2) is 4.68 Å². The minimum absolute atomic E-state index is 0.919. The highest BCUT2D eigenvalue weighted by molar-refractivity contribution is 6.19. The number of fused-ring (bicyclic) bond motifs is 7. The Morgan fingerprint density at radius 3 is 1.76 bits per heavy atom. The lowest BCUT2D eigenvalue weighted by Gasteiger charge is -2.16. The smallest absolute Gasteiger partial charge is 0.101 e. The summed E-state index contributed by atoms with van der Waals surface area (Å²) < 4.78 is 2.14. The van der Waals surface area contributed by atoms with Gasteiger partial charge in [0.25, 0.3) is 0 Å². The van der Waals surface area contributed by atoms with Crippen LogP contribution in [-0.2, 0) is 0 Å². The van der Waals surface area contributed by atoms with Crippen molar-refractivity contribution < 1.29 is 0 Å². The lowest BCUT2D eigenvalue weighted by atomic mass is 9.88. The average Bonchev–Trinajstić information content (AvgIpc) is 3.68. The summed E-state index contributed by atoms with van der Waals surface area (Å²) in [6, 6.07) is 64.9. The Morgan fingerprint density at radius 1 is 0.364 bits per heavy atom. The maximum Gasteiger partial charge on any atom is 0.101 e. The Balaban J connectivity index is 1.19. The van der Waals surface area contributed by atoms with E-state index in [4.69, 9.17) is 15.1 Å². The van der Waals surface area contributed by atoms with Crippen LogP contribution in [0.1, 0.15) is 0 Å². The van der Waals surface area contributed by atoms with Gasteiger partial charge in [-0.05, 0) is 92.0 Å². The number of hydrogen-bond acceptors (Lipinski definition) is 3. The maximum absolute atomic E-state index is 5.42. The summed E-state index contributed by atoms with van der Waals surface area (Å²) in [7, 11) is 0. The Morgan fingerprint density at radius 2 is 0.982 bits per heavy atom. The maximum atomic E-state index is 5.42. The molecule has 3 aromatic heterocycles. The van der Waals surface area contributed by atoms with Gasteiger partial charge >= 0.3 is 0 Å². The lowest BCUT2D eigenvalue weighted by Crippen LogP contribution is -1.97. The van der Waals surface area contributed by atoms with Crippen LogP contribution in [0, 0.1) is 0 Å². The monoisotopic (exact) mass is 700 g/mol. The molecule has 0 fully saturated rings. The highest BCUT2D eigenvalue weighted by Gasteiger charge is 2.22. The van der Waals surface area contributed by atoms with Crippen LogP contribution in [0.15, 0.2) is 194 Å². The Bertz CT molecular complexity index is 3240. The first-order valence-corrected chi connectivity index (χ1v) is 18.6. The molecule has 0 spiro atoms. The molecule has 4 nitrogen and oxygen atoms in total. The molecule has 0 atom stereocenters. The summed E-state index contributed by atoms with van der Waals surface area (Å²) in [5.41, 5.74) is 13.0. The predicted molar refractivity (Wildman–Crippen MR) is 228 cm³/mol. The van der Waals surface area contributed by atoms with Crippen LogP contribution in [0.5, 0.6) is 0 Å².